The van der Waals surface area contributed by atoms with Gasteiger partial charge in [0, 0.05) is 27.6 Å². The minimum Gasteiger partial charge on any atom is -0.325 e. The number of benzene rings is 3. The van der Waals surface area contributed by atoms with Crippen molar-refractivity contribution >= 4 is 39.1 Å². The number of carbonyl (C=O) groups is 1. The minimum absolute atomic E-state index is 0.0282. The van der Waals surface area contributed by atoms with Crippen molar-refractivity contribution in [3.05, 3.63) is 88.5 Å². The van der Waals surface area contributed by atoms with Crippen molar-refractivity contribution in [3.63, 3.8) is 0 Å². The first kappa shape index (κ1) is 22.5. The summed E-state index contributed by atoms with van der Waals surface area (Å²) in [6.45, 7) is 1.46. The van der Waals surface area contributed by atoms with Crippen LogP contribution in [0.1, 0.15) is 5.56 Å². The van der Waals surface area contributed by atoms with Crippen LogP contribution in [-0.4, -0.2) is 25.8 Å². The zero-order valence-electron chi connectivity index (χ0n) is 16.4. The summed E-state index contributed by atoms with van der Waals surface area (Å²) in [5.41, 5.74) is 1.49. The Kier molecular flexibility index (Phi) is 7.06. The lowest BCUT2D eigenvalue weighted by Crippen LogP contribution is -2.32. The standard InChI is InChI=1S/C21H19N3O5S2/c1-15-2-12-20(13-3-15)31(28,29)22-14-21(25)23-16-4-8-18(9-5-16)30-19-10-6-17(7-11-19)24(26)27/h2-13,22H,14H2,1H3,(H,23,25). The van der Waals surface area contributed by atoms with E-state index in [4.69, 9.17) is 0 Å². The monoisotopic (exact) mass is 457 g/mol. The van der Waals surface area contributed by atoms with Crippen LogP contribution >= 0.6 is 11.8 Å². The molecule has 0 saturated heterocycles. The van der Waals surface area contributed by atoms with Gasteiger partial charge in [-0.3, -0.25) is 14.9 Å². The molecule has 31 heavy (non-hydrogen) atoms. The van der Waals surface area contributed by atoms with E-state index in [9.17, 15) is 23.3 Å². The maximum Gasteiger partial charge on any atom is 0.269 e. The predicted octanol–water partition coefficient (Wildman–Crippen LogP) is 3.97. The molecular weight excluding hydrogens is 438 g/mol. The maximum absolute atomic E-state index is 12.2. The highest BCUT2D eigenvalue weighted by atomic mass is 32.2. The number of nitro benzene ring substituents is 1. The van der Waals surface area contributed by atoms with Crippen LogP contribution in [0.3, 0.4) is 0 Å². The van der Waals surface area contributed by atoms with Gasteiger partial charge in [0.1, 0.15) is 0 Å². The van der Waals surface area contributed by atoms with Crippen molar-refractivity contribution in [3.8, 4) is 0 Å². The first-order valence-corrected chi connectivity index (χ1v) is 11.4. The lowest BCUT2D eigenvalue weighted by Gasteiger charge is -2.09. The third-order valence-electron chi connectivity index (χ3n) is 4.18. The van der Waals surface area contributed by atoms with E-state index in [1.807, 2.05) is 6.92 Å². The van der Waals surface area contributed by atoms with Crippen LogP contribution in [0, 0.1) is 17.0 Å². The Balaban J connectivity index is 1.53. The van der Waals surface area contributed by atoms with Crippen LogP contribution in [0.15, 0.2) is 87.5 Å². The summed E-state index contributed by atoms with van der Waals surface area (Å²) in [7, 11) is -3.77. The molecule has 0 aliphatic heterocycles. The number of hydrogen-bond donors (Lipinski definition) is 2. The third kappa shape index (κ3) is 6.38. The van der Waals surface area contributed by atoms with Gasteiger partial charge in [-0.05, 0) is 55.5 Å². The molecule has 0 radical (unpaired) electrons. The summed E-state index contributed by atoms with van der Waals surface area (Å²) in [6, 6.07) is 19.5. The van der Waals surface area contributed by atoms with Crippen molar-refractivity contribution in [2.45, 2.75) is 21.6 Å². The predicted molar refractivity (Wildman–Crippen MR) is 119 cm³/mol. The molecule has 3 rings (SSSR count). The molecule has 160 valence electrons. The number of nitro groups is 1. The minimum atomic E-state index is -3.77. The van der Waals surface area contributed by atoms with E-state index in [0.717, 1.165) is 15.4 Å². The second-order valence-electron chi connectivity index (χ2n) is 6.56. The Hall–Kier alpha value is -3.21. The van der Waals surface area contributed by atoms with Crippen molar-refractivity contribution in [2.75, 3.05) is 11.9 Å². The second kappa shape index (κ2) is 9.73. The van der Waals surface area contributed by atoms with Gasteiger partial charge in [-0.2, -0.15) is 0 Å². The van der Waals surface area contributed by atoms with Gasteiger partial charge in [0.15, 0.2) is 0 Å². The van der Waals surface area contributed by atoms with E-state index in [1.165, 1.54) is 36.0 Å². The summed E-state index contributed by atoms with van der Waals surface area (Å²) < 4.78 is 26.8. The van der Waals surface area contributed by atoms with Gasteiger partial charge in [0.2, 0.25) is 15.9 Å². The Morgan fingerprint density at radius 1 is 0.935 bits per heavy atom. The van der Waals surface area contributed by atoms with Crippen LogP contribution in [0.2, 0.25) is 0 Å². The Morgan fingerprint density at radius 3 is 2.03 bits per heavy atom. The van der Waals surface area contributed by atoms with E-state index in [2.05, 4.69) is 10.0 Å². The largest absolute Gasteiger partial charge is 0.325 e. The number of nitrogens with one attached hydrogen (secondary N) is 2. The number of sulfonamides is 1. The molecule has 0 aliphatic rings. The van der Waals surface area contributed by atoms with Gasteiger partial charge in [-0.25, -0.2) is 13.1 Å². The number of carbonyl (C=O) groups excluding carboxylic acids is 1. The van der Waals surface area contributed by atoms with Gasteiger partial charge in [0.05, 0.1) is 16.4 Å². The first-order valence-electron chi connectivity index (χ1n) is 9.11. The van der Waals surface area contributed by atoms with Crippen molar-refractivity contribution < 1.29 is 18.1 Å². The van der Waals surface area contributed by atoms with E-state index in [-0.39, 0.29) is 10.6 Å². The lowest BCUT2D eigenvalue weighted by atomic mass is 10.2. The molecule has 0 saturated carbocycles. The fourth-order valence-corrected chi connectivity index (χ4v) is 4.34. The molecule has 0 unspecified atom stereocenters. The summed E-state index contributed by atoms with van der Waals surface area (Å²) in [6.07, 6.45) is 0. The average Bonchev–Trinajstić information content (AvgIpc) is 2.74. The normalized spacial score (nSPS) is 11.1. The molecule has 0 atom stereocenters. The Labute approximate surface area is 183 Å². The van der Waals surface area contributed by atoms with Gasteiger partial charge >= 0.3 is 0 Å². The molecule has 0 fully saturated rings. The molecule has 0 aliphatic carbocycles. The molecule has 0 spiro atoms. The SMILES string of the molecule is Cc1ccc(S(=O)(=O)NCC(=O)Nc2ccc(Sc3ccc([N+](=O)[O-])cc3)cc2)cc1. The lowest BCUT2D eigenvalue weighted by molar-refractivity contribution is -0.384. The molecular formula is C21H19N3O5S2. The Bertz CT molecular complexity index is 1180. The van der Waals surface area contributed by atoms with Crippen molar-refractivity contribution in [1.29, 1.82) is 0 Å². The number of nitrogens with zero attached hydrogens (tertiary/aromatic N) is 1. The van der Waals surface area contributed by atoms with Crippen LogP contribution in [-0.2, 0) is 14.8 Å². The van der Waals surface area contributed by atoms with E-state index in [1.54, 1.807) is 48.5 Å². The summed E-state index contributed by atoms with van der Waals surface area (Å²) in [5, 5.41) is 13.3. The highest BCUT2D eigenvalue weighted by Crippen LogP contribution is 2.29. The summed E-state index contributed by atoms with van der Waals surface area (Å²) in [5.74, 6) is -0.494. The highest BCUT2D eigenvalue weighted by molar-refractivity contribution is 7.99. The molecule has 8 nitrogen and oxygen atoms in total. The van der Waals surface area contributed by atoms with E-state index >= 15 is 0 Å². The zero-order valence-corrected chi connectivity index (χ0v) is 18.1. The maximum atomic E-state index is 12.2. The van der Waals surface area contributed by atoms with Crippen molar-refractivity contribution in [1.82, 2.24) is 4.72 Å². The number of non-ortho nitro benzene ring substituents is 1. The van der Waals surface area contributed by atoms with E-state index < -0.39 is 27.4 Å². The van der Waals surface area contributed by atoms with E-state index in [0.29, 0.717) is 5.69 Å². The van der Waals surface area contributed by atoms with Gasteiger partial charge in [-0.15, -0.1) is 0 Å². The number of aryl methyl sites for hydroxylation is 1. The van der Waals surface area contributed by atoms with Crippen LogP contribution < -0.4 is 10.0 Å². The Morgan fingerprint density at radius 2 is 1.48 bits per heavy atom. The van der Waals surface area contributed by atoms with Gasteiger partial charge in [-0.1, -0.05) is 29.5 Å². The summed E-state index contributed by atoms with van der Waals surface area (Å²) in [4.78, 5) is 24.2. The topological polar surface area (TPSA) is 118 Å². The third-order valence-corrected chi connectivity index (χ3v) is 6.61. The fraction of sp³-hybridized carbons (Fsp3) is 0.0952. The molecule has 1 amide bonds. The number of rotatable bonds is 8. The number of amides is 1. The van der Waals surface area contributed by atoms with Gasteiger partial charge in [0.25, 0.3) is 5.69 Å². The van der Waals surface area contributed by atoms with Crippen molar-refractivity contribution in [2.24, 2.45) is 0 Å². The molecule has 0 heterocycles. The molecule has 3 aromatic carbocycles. The van der Waals surface area contributed by atoms with Crippen LogP contribution in [0.4, 0.5) is 11.4 Å². The molecule has 3 aromatic rings. The highest BCUT2D eigenvalue weighted by Gasteiger charge is 2.15. The van der Waals surface area contributed by atoms with Crippen LogP contribution in [0.25, 0.3) is 0 Å². The molecule has 0 aromatic heterocycles. The molecule has 10 heteroatoms. The fourth-order valence-electron chi connectivity index (χ4n) is 2.54. The number of anilines is 1. The summed E-state index contributed by atoms with van der Waals surface area (Å²) >= 11 is 1.42. The first-order chi connectivity index (χ1) is 14.7. The zero-order chi connectivity index (χ0) is 22.4. The quantitative estimate of drug-likeness (QED) is 0.390. The molecule has 0 bridgehead atoms. The second-order valence-corrected chi connectivity index (χ2v) is 9.48. The molecule has 2 N–H and O–H groups in total. The smallest absolute Gasteiger partial charge is 0.269 e. The van der Waals surface area contributed by atoms with Crippen LogP contribution in [0.5, 0.6) is 0 Å². The average molecular weight is 458 g/mol. The van der Waals surface area contributed by atoms with Gasteiger partial charge < -0.3 is 5.32 Å². The number of hydrogen-bond acceptors (Lipinski definition) is 6.